The number of hydrogen-bond donors (Lipinski definition) is 2. The van der Waals surface area contributed by atoms with Crippen LogP contribution in [0.25, 0.3) is 0 Å². The summed E-state index contributed by atoms with van der Waals surface area (Å²) in [6, 6.07) is 0. The van der Waals surface area contributed by atoms with E-state index in [0.29, 0.717) is 6.54 Å². The summed E-state index contributed by atoms with van der Waals surface area (Å²) < 4.78 is 0. The molecule has 96 valence electrons. The molecule has 6 nitrogen and oxygen atoms in total. The Balaban J connectivity index is 1.91. The van der Waals surface area contributed by atoms with E-state index in [9.17, 15) is 9.59 Å². The van der Waals surface area contributed by atoms with Gasteiger partial charge in [0.2, 0.25) is 0 Å². The molecule has 1 aliphatic carbocycles. The number of aliphatic carboxylic acids is 1. The SMILES string of the molecule is O=C(O)CC1(CNC(=O)c2cnccn2)CCC1. The van der Waals surface area contributed by atoms with Crippen molar-refractivity contribution in [2.75, 3.05) is 6.54 Å². The zero-order chi connectivity index (χ0) is 13.0. The molecule has 0 spiro atoms. The highest BCUT2D eigenvalue weighted by Crippen LogP contribution is 2.43. The minimum absolute atomic E-state index is 0.105. The zero-order valence-corrected chi connectivity index (χ0v) is 9.93. The summed E-state index contributed by atoms with van der Waals surface area (Å²) in [5.74, 6) is -1.12. The standard InChI is InChI=1S/C12H15N3O3/c16-10(17)6-12(2-1-3-12)8-15-11(18)9-7-13-4-5-14-9/h4-5,7H,1-3,6,8H2,(H,15,18)(H,16,17). The number of nitrogens with zero attached hydrogens (tertiary/aromatic N) is 2. The molecule has 1 aromatic heterocycles. The Morgan fingerprint density at radius 3 is 2.67 bits per heavy atom. The largest absolute Gasteiger partial charge is 0.481 e. The van der Waals surface area contributed by atoms with Gasteiger partial charge in [-0.1, -0.05) is 6.42 Å². The van der Waals surface area contributed by atoms with E-state index in [1.54, 1.807) is 0 Å². The van der Waals surface area contributed by atoms with E-state index >= 15 is 0 Å². The van der Waals surface area contributed by atoms with Gasteiger partial charge in [-0.2, -0.15) is 0 Å². The maximum atomic E-state index is 11.8. The Labute approximate surface area is 104 Å². The van der Waals surface area contributed by atoms with Crippen LogP contribution in [0.5, 0.6) is 0 Å². The van der Waals surface area contributed by atoms with Crippen molar-refractivity contribution in [1.29, 1.82) is 0 Å². The second kappa shape index (κ2) is 5.12. The van der Waals surface area contributed by atoms with E-state index in [2.05, 4.69) is 15.3 Å². The number of carboxylic acids is 1. The fourth-order valence-electron chi connectivity index (χ4n) is 2.19. The van der Waals surface area contributed by atoms with Gasteiger partial charge >= 0.3 is 5.97 Å². The molecule has 0 bridgehead atoms. The smallest absolute Gasteiger partial charge is 0.303 e. The van der Waals surface area contributed by atoms with Crippen LogP contribution in [0, 0.1) is 5.41 Å². The normalized spacial score (nSPS) is 16.7. The van der Waals surface area contributed by atoms with Gasteiger partial charge in [0, 0.05) is 18.9 Å². The first-order valence-corrected chi connectivity index (χ1v) is 5.87. The molecule has 1 aliphatic rings. The molecule has 6 heteroatoms. The van der Waals surface area contributed by atoms with Gasteiger partial charge in [-0.15, -0.1) is 0 Å². The highest BCUT2D eigenvalue weighted by Gasteiger charge is 2.39. The van der Waals surface area contributed by atoms with Crippen LogP contribution in [-0.4, -0.2) is 33.5 Å². The Morgan fingerprint density at radius 2 is 2.17 bits per heavy atom. The highest BCUT2D eigenvalue weighted by atomic mass is 16.4. The molecule has 0 aliphatic heterocycles. The summed E-state index contributed by atoms with van der Waals surface area (Å²) in [5.41, 5.74) is -0.0220. The number of rotatable bonds is 5. The Morgan fingerprint density at radius 1 is 1.39 bits per heavy atom. The molecule has 0 aromatic carbocycles. The first-order chi connectivity index (χ1) is 8.61. The number of amides is 1. The Kier molecular flexibility index (Phi) is 3.55. The fourth-order valence-corrected chi connectivity index (χ4v) is 2.19. The summed E-state index contributed by atoms with van der Waals surface area (Å²) in [4.78, 5) is 30.3. The minimum atomic E-state index is -0.816. The first-order valence-electron chi connectivity index (χ1n) is 5.87. The molecule has 2 rings (SSSR count). The summed E-state index contributed by atoms with van der Waals surface area (Å²) in [6.07, 6.45) is 7.15. The van der Waals surface area contributed by atoms with E-state index in [1.165, 1.54) is 18.6 Å². The van der Waals surface area contributed by atoms with E-state index in [4.69, 9.17) is 5.11 Å². The molecule has 0 radical (unpaired) electrons. The maximum absolute atomic E-state index is 11.8. The van der Waals surface area contributed by atoms with Crippen molar-refractivity contribution in [3.05, 3.63) is 24.3 Å². The topological polar surface area (TPSA) is 92.2 Å². The molecule has 1 heterocycles. The first kappa shape index (κ1) is 12.5. The van der Waals surface area contributed by atoms with Gasteiger partial charge in [-0.05, 0) is 18.3 Å². The zero-order valence-electron chi connectivity index (χ0n) is 9.93. The predicted octanol–water partition coefficient (Wildman–Crippen LogP) is 0.851. The fraction of sp³-hybridized carbons (Fsp3) is 0.500. The summed E-state index contributed by atoms with van der Waals surface area (Å²) in [7, 11) is 0. The lowest BCUT2D eigenvalue weighted by molar-refractivity contribution is -0.141. The predicted molar refractivity (Wildman–Crippen MR) is 62.9 cm³/mol. The molecule has 18 heavy (non-hydrogen) atoms. The van der Waals surface area contributed by atoms with Gasteiger partial charge in [-0.3, -0.25) is 14.6 Å². The highest BCUT2D eigenvalue weighted by molar-refractivity contribution is 5.91. The molecule has 1 saturated carbocycles. The summed E-state index contributed by atoms with van der Waals surface area (Å²) in [6.45, 7) is 0.384. The maximum Gasteiger partial charge on any atom is 0.303 e. The van der Waals surface area contributed by atoms with Crippen LogP contribution in [0.3, 0.4) is 0 Å². The van der Waals surface area contributed by atoms with Gasteiger partial charge < -0.3 is 10.4 Å². The van der Waals surface area contributed by atoms with Gasteiger partial charge in [0.1, 0.15) is 5.69 Å². The van der Waals surface area contributed by atoms with Crippen molar-refractivity contribution in [1.82, 2.24) is 15.3 Å². The van der Waals surface area contributed by atoms with Crippen molar-refractivity contribution in [3.63, 3.8) is 0 Å². The van der Waals surface area contributed by atoms with Gasteiger partial charge in [-0.25, -0.2) is 4.98 Å². The van der Waals surface area contributed by atoms with E-state index in [-0.39, 0.29) is 23.4 Å². The number of carbonyl (C=O) groups excluding carboxylic acids is 1. The van der Waals surface area contributed by atoms with Crippen molar-refractivity contribution in [2.24, 2.45) is 5.41 Å². The monoisotopic (exact) mass is 249 g/mol. The lowest BCUT2D eigenvalue weighted by atomic mass is 9.66. The van der Waals surface area contributed by atoms with Crippen LogP contribution < -0.4 is 5.32 Å². The number of carbonyl (C=O) groups is 2. The van der Waals surface area contributed by atoms with Gasteiger partial charge in [0.25, 0.3) is 5.91 Å². The number of hydrogen-bond acceptors (Lipinski definition) is 4. The molecule has 1 amide bonds. The van der Waals surface area contributed by atoms with Crippen molar-refractivity contribution >= 4 is 11.9 Å². The number of nitrogens with one attached hydrogen (secondary N) is 1. The van der Waals surface area contributed by atoms with Crippen molar-refractivity contribution in [3.8, 4) is 0 Å². The third kappa shape index (κ3) is 2.82. The van der Waals surface area contributed by atoms with E-state index in [0.717, 1.165) is 19.3 Å². The molecule has 1 fully saturated rings. The van der Waals surface area contributed by atoms with Gasteiger partial charge in [0.15, 0.2) is 0 Å². The second-order valence-corrected chi connectivity index (χ2v) is 4.70. The van der Waals surface area contributed by atoms with Crippen LogP contribution in [-0.2, 0) is 4.79 Å². The van der Waals surface area contributed by atoms with Gasteiger partial charge in [0.05, 0.1) is 12.6 Å². The Bertz CT molecular complexity index is 443. The van der Waals surface area contributed by atoms with Crippen LogP contribution in [0.15, 0.2) is 18.6 Å². The summed E-state index contributed by atoms with van der Waals surface area (Å²) in [5, 5.41) is 11.6. The van der Waals surface area contributed by atoms with Crippen LogP contribution in [0.2, 0.25) is 0 Å². The van der Waals surface area contributed by atoms with Crippen LogP contribution in [0.4, 0.5) is 0 Å². The van der Waals surface area contributed by atoms with E-state index in [1.807, 2.05) is 0 Å². The third-order valence-electron chi connectivity index (χ3n) is 3.36. The molecule has 0 unspecified atom stereocenters. The third-order valence-corrected chi connectivity index (χ3v) is 3.36. The second-order valence-electron chi connectivity index (χ2n) is 4.70. The molecule has 1 aromatic rings. The molecular formula is C12H15N3O3. The molecule has 0 atom stereocenters. The average molecular weight is 249 g/mol. The quantitative estimate of drug-likeness (QED) is 0.807. The minimum Gasteiger partial charge on any atom is -0.481 e. The molecular weight excluding hydrogens is 234 g/mol. The molecule has 2 N–H and O–H groups in total. The lowest BCUT2D eigenvalue weighted by Gasteiger charge is -2.40. The van der Waals surface area contributed by atoms with Crippen molar-refractivity contribution in [2.45, 2.75) is 25.7 Å². The summed E-state index contributed by atoms with van der Waals surface area (Å²) >= 11 is 0. The average Bonchev–Trinajstić information content (AvgIpc) is 2.32. The number of aromatic nitrogens is 2. The molecule has 0 saturated heterocycles. The Hall–Kier alpha value is -1.98. The van der Waals surface area contributed by atoms with Crippen molar-refractivity contribution < 1.29 is 14.7 Å². The van der Waals surface area contributed by atoms with Crippen LogP contribution >= 0.6 is 0 Å². The van der Waals surface area contributed by atoms with Crippen LogP contribution in [0.1, 0.15) is 36.2 Å². The lowest BCUT2D eigenvalue weighted by Crippen LogP contribution is -2.43. The number of carboxylic acid groups (broad SMARTS) is 1. The van der Waals surface area contributed by atoms with E-state index < -0.39 is 5.97 Å².